The van der Waals surface area contributed by atoms with Gasteiger partial charge in [-0.25, -0.2) is 0 Å². The zero-order chi connectivity index (χ0) is 15.9. The van der Waals surface area contributed by atoms with Crippen molar-refractivity contribution in [2.45, 2.75) is 19.9 Å². The Morgan fingerprint density at radius 3 is 2.82 bits per heavy atom. The topological polar surface area (TPSA) is 99.0 Å². The number of benzene rings is 1. The van der Waals surface area contributed by atoms with E-state index in [4.69, 9.17) is 10.3 Å². The van der Waals surface area contributed by atoms with E-state index in [-0.39, 0.29) is 11.6 Å². The normalized spacial score (nSPS) is 12.5. The van der Waals surface area contributed by atoms with Crippen LogP contribution in [-0.4, -0.2) is 14.7 Å². The molecule has 7 nitrogen and oxygen atoms in total. The van der Waals surface area contributed by atoms with Crippen molar-refractivity contribution >= 4 is 22.3 Å². The number of rotatable bonds is 3. The second-order valence-electron chi connectivity index (χ2n) is 5.27. The molecule has 0 amide bonds. The Hall–Kier alpha value is -2.83. The number of aromatic nitrogens is 3. The van der Waals surface area contributed by atoms with Crippen LogP contribution in [0.15, 0.2) is 33.6 Å². The van der Waals surface area contributed by atoms with Gasteiger partial charge < -0.3 is 20.1 Å². The number of nitrogen functional groups attached to an aromatic ring is 1. The van der Waals surface area contributed by atoms with Crippen molar-refractivity contribution in [2.24, 2.45) is 7.05 Å². The van der Waals surface area contributed by atoms with Crippen molar-refractivity contribution in [3.05, 3.63) is 46.3 Å². The van der Waals surface area contributed by atoms with Gasteiger partial charge in [0.1, 0.15) is 0 Å². The molecule has 0 saturated heterocycles. The summed E-state index contributed by atoms with van der Waals surface area (Å²) in [6, 6.07) is 6.79. The van der Waals surface area contributed by atoms with E-state index in [0.717, 1.165) is 10.9 Å². The summed E-state index contributed by atoms with van der Waals surface area (Å²) < 4.78 is 6.57. The Bertz CT molecular complexity index is 897. The molecule has 3 rings (SSSR count). The fourth-order valence-corrected chi connectivity index (χ4v) is 2.39. The Labute approximate surface area is 126 Å². The van der Waals surface area contributed by atoms with Crippen molar-refractivity contribution in [3.8, 4) is 0 Å². The number of nitrogens with one attached hydrogen (secondary N) is 1. The van der Waals surface area contributed by atoms with E-state index >= 15 is 0 Å². The van der Waals surface area contributed by atoms with Crippen molar-refractivity contribution in [3.63, 3.8) is 0 Å². The summed E-state index contributed by atoms with van der Waals surface area (Å²) in [6.45, 7) is 3.64. The molecule has 0 radical (unpaired) electrons. The molecule has 1 atom stereocenters. The number of pyridine rings is 1. The predicted octanol–water partition coefficient (Wildman–Crippen LogP) is 1.99. The second kappa shape index (κ2) is 5.18. The first kappa shape index (κ1) is 14.1. The summed E-state index contributed by atoms with van der Waals surface area (Å²) in [6.07, 6.45) is 0. The Kier molecular flexibility index (Phi) is 3.32. The van der Waals surface area contributed by atoms with Crippen LogP contribution in [0.3, 0.4) is 0 Å². The van der Waals surface area contributed by atoms with Crippen LogP contribution in [0.25, 0.3) is 10.9 Å². The predicted molar refractivity (Wildman–Crippen MR) is 84.7 cm³/mol. The number of anilines is 2. The minimum absolute atomic E-state index is 0.101. The molecule has 114 valence electrons. The highest BCUT2D eigenvalue weighted by Crippen LogP contribution is 2.26. The number of hydrogen-bond acceptors (Lipinski definition) is 6. The fraction of sp³-hybridized carbons (Fsp3) is 0.267. The summed E-state index contributed by atoms with van der Waals surface area (Å²) in [5.74, 6) is 1.04. The number of hydrogen-bond donors (Lipinski definition) is 2. The molecule has 0 bridgehead atoms. The van der Waals surface area contributed by atoms with Crippen LogP contribution in [0.1, 0.15) is 24.7 Å². The van der Waals surface area contributed by atoms with Crippen LogP contribution in [0.5, 0.6) is 0 Å². The lowest BCUT2D eigenvalue weighted by atomic mass is 10.1. The SMILES string of the molecule is Cc1nc(C(C)Nc2cc(=O)n(C)c3ccc(N)cc23)no1. The minimum Gasteiger partial charge on any atom is -0.399 e. The Morgan fingerprint density at radius 2 is 2.14 bits per heavy atom. The summed E-state index contributed by atoms with van der Waals surface area (Å²) in [5.41, 5.74) is 7.91. The standard InChI is InChI=1S/C15H17N5O2/c1-8(15-18-9(2)22-19-15)17-12-7-14(21)20(3)13-5-4-10(16)6-11(12)13/h4-8,17H,16H2,1-3H3. The highest BCUT2D eigenvalue weighted by molar-refractivity contribution is 5.93. The smallest absolute Gasteiger partial charge is 0.252 e. The van der Waals surface area contributed by atoms with Crippen molar-refractivity contribution in [1.82, 2.24) is 14.7 Å². The highest BCUT2D eigenvalue weighted by Gasteiger charge is 2.15. The largest absolute Gasteiger partial charge is 0.399 e. The number of nitrogens with zero attached hydrogens (tertiary/aromatic N) is 3. The highest BCUT2D eigenvalue weighted by atomic mass is 16.5. The summed E-state index contributed by atoms with van der Waals surface area (Å²) >= 11 is 0. The molecule has 3 N–H and O–H groups in total. The molecule has 0 saturated carbocycles. The van der Waals surface area contributed by atoms with Crippen LogP contribution >= 0.6 is 0 Å². The molecular formula is C15H17N5O2. The molecule has 3 aromatic rings. The Morgan fingerprint density at radius 1 is 1.36 bits per heavy atom. The molecule has 0 spiro atoms. The lowest BCUT2D eigenvalue weighted by Crippen LogP contribution is -2.18. The molecule has 2 aromatic heterocycles. The van der Waals surface area contributed by atoms with Gasteiger partial charge in [-0.1, -0.05) is 5.16 Å². The number of nitrogens with two attached hydrogens (primary N) is 1. The van der Waals surface area contributed by atoms with E-state index in [1.165, 1.54) is 0 Å². The van der Waals surface area contributed by atoms with E-state index in [1.807, 2.05) is 19.1 Å². The lowest BCUT2D eigenvalue weighted by molar-refractivity contribution is 0.385. The first-order valence-corrected chi connectivity index (χ1v) is 6.91. The first-order valence-electron chi connectivity index (χ1n) is 6.91. The lowest BCUT2D eigenvalue weighted by Gasteiger charge is -2.15. The van der Waals surface area contributed by atoms with E-state index in [0.29, 0.717) is 23.1 Å². The second-order valence-corrected chi connectivity index (χ2v) is 5.27. The van der Waals surface area contributed by atoms with Gasteiger partial charge in [0.15, 0.2) is 5.82 Å². The average molecular weight is 299 g/mol. The molecule has 22 heavy (non-hydrogen) atoms. The summed E-state index contributed by atoms with van der Waals surface area (Å²) in [4.78, 5) is 16.3. The van der Waals surface area contributed by atoms with Crippen LogP contribution in [0, 0.1) is 6.92 Å². The summed E-state index contributed by atoms with van der Waals surface area (Å²) in [5, 5.41) is 8.02. The molecular weight excluding hydrogens is 282 g/mol. The van der Waals surface area contributed by atoms with E-state index in [1.54, 1.807) is 30.7 Å². The third-order valence-corrected chi connectivity index (χ3v) is 3.57. The van der Waals surface area contributed by atoms with Gasteiger partial charge in [-0.15, -0.1) is 0 Å². The minimum atomic E-state index is -0.200. The maximum absolute atomic E-state index is 12.1. The van der Waals surface area contributed by atoms with Crippen molar-refractivity contribution in [1.29, 1.82) is 0 Å². The van der Waals surface area contributed by atoms with Crippen LogP contribution in [-0.2, 0) is 7.05 Å². The molecule has 0 aliphatic rings. The average Bonchev–Trinajstić information content (AvgIpc) is 2.91. The zero-order valence-electron chi connectivity index (χ0n) is 12.6. The zero-order valence-corrected chi connectivity index (χ0v) is 12.6. The molecule has 7 heteroatoms. The van der Waals surface area contributed by atoms with Crippen molar-refractivity contribution < 1.29 is 4.52 Å². The number of fused-ring (bicyclic) bond motifs is 1. The first-order chi connectivity index (χ1) is 10.5. The Balaban J connectivity index is 2.08. The van der Waals surface area contributed by atoms with Gasteiger partial charge in [0.25, 0.3) is 5.56 Å². The molecule has 1 aromatic carbocycles. The van der Waals surface area contributed by atoms with Gasteiger partial charge in [-0.3, -0.25) is 4.79 Å². The van der Waals surface area contributed by atoms with Gasteiger partial charge >= 0.3 is 0 Å². The molecule has 0 aliphatic heterocycles. The van der Waals surface area contributed by atoms with Gasteiger partial charge in [0, 0.05) is 36.8 Å². The quantitative estimate of drug-likeness (QED) is 0.717. The third kappa shape index (κ3) is 2.41. The third-order valence-electron chi connectivity index (χ3n) is 3.57. The van der Waals surface area contributed by atoms with Crippen LogP contribution < -0.4 is 16.6 Å². The maximum Gasteiger partial charge on any atom is 0.252 e. The van der Waals surface area contributed by atoms with Gasteiger partial charge in [0.2, 0.25) is 5.89 Å². The number of aryl methyl sites for hydroxylation is 2. The van der Waals surface area contributed by atoms with Crippen LogP contribution in [0.2, 0.25) is 0 Å². The molecule has 0 aliphatic carbocycles. The van der Waals surface area contributed by atoms with E-state index in [9.17, 15) is 4.79 Å². The maximum atomic E-state index is 12.1. The van der Waals surface area contributed by atoms with Gasteiger partial charge in [-0.05, 0) is 25.1 Å². The van der Waals surface area contributed by atoms with E-state index in [2.05, 4.69) is 15.5 Å². The molecule has 1 unspecified atom stereocenters. The fourth-order valence-electron chi connectivity index (χ4n) is 2.39. The molecule has 2 heterocycles. The van der Waals surface area contributed by atoms with Gasteiger partial charge in [0.05, 0.1) is 11.6 Å². The monoisotopic (exact) mass is 299 g/mol. The van der Waals surface area contributed by atoms with Crippen molar-refractivity contribution in [2.75, 3.05) is 11.1 Å². The molecule has 0 fully saturated rings. The summed E-state index contributed by atoms with van der Waals surface area (Å²) in [7, 11) is 1.73. The van der Waals surface area contributed by atoms with Crippen LogP contribution in [0.4, 0.5) is 11.4 Å². The van der Waals surface area contributed by atoms with E-state index < -0.39 is 0 Å². The van der Waals surface area contributed by atoms with Gasteiger partial charge in [-0.2, -0.15) is 4.98 Å².